The highest BCUT2D eigenvalue weighted by Gasteiger charge is 2.18. The van der Waals surface area contributed by atoms with Crippen LogP contribution in [0.4, 0.5) is 0 Å². The van der Waals surface area contributed by atoms with E-state index in [1.807, 2.05) is 0 Å². The van der Waals surface area contributed by atoms with Gasteiger partial charge in [-0.05, 0) is 6.42 Å². The summed E-state index contributed by atoms with van der Waals surface area (Å²) in [5, 5.41) is 10.1. The van der Waals surface area contributed by atoms with Crippen LogP contribution in [0.25, 0.3) is 0 Å². The molecule has 0 N–H and O–H groups in total. The lowest BCUT2D eigenvalue weighted by atomic mass is 10.5. The summed E-state index contributed by atoms with van der Waals surface area (Å²) < 4.78 is 13.4. The minimum atomic E-state index is -1.44. The molecule has 0 amide bonds. The molecule has 0 aromatic heterocycles. The van der Waals surface area contributed by atoms with Crippen molar-refractivity contribution in [2.75, 3.05) is 13.2 Å². The Balaban J connectivity index is 3.38. The maximum atomic E-state index is 10.1. The molecule has 0 aliphatic rings. The molecular formula is C7H11O5. The second kappa shape index (κ2) is 7.02. The van der Waals surface area contributed by atoms with E-state index in [1.165, 1.54) is 0 Å². The highest BCUT2D eigenvalue weighted by molar-refractivity contribution is 5.70. The van der Waals surface area contributed by atoms with E-state index in [2.05, 4.69) is 23.7 Å². The Morgan fingerprint density at radius 2 is 2.00 bits per heavy atom. The van der Waals surface area contributed by atoms with Gasteiger partial charge in [-0.1, -0.05) is 0 Å². The zero-order chi connectivity index (χ0) is 9.40. The molecule has 5 heteroatoms. The molecule has 0 saturated heterocycles. The molecule has 0 bridgehead atoms. The van der Waals surface area contributed by atoms with Crippen LogP contribution in [0.2, 0.25) is 0 Å². The highest BCUT2D eigenvalue weighted by atomic mass is 16.7. The second-order valence-electron chi connectivity index (χ2n) is 1.95. The molecule has 3 radical (unpaired) electrons. The zero-order valence-corrected chi connectivity index (χ0v) is 6.65. The lowest BCUT2D eigenvalue weighted by Crippen LogP contribution is -2.24. The lowest BCUT2D eigenvalue weighted by molar-refractivity contribution is -0.185. The summed E-state index contributed by atoms with van der Waals surface area (Å²) in [6.45, 7) is 0.598. The van der Waals surface area contributed by atoms with Crippen LogP contribution in [-0.2, 0) is 24.1 Å². The van der Waals surface area contributed by atoms with E-state index >= 15 is 0 Å². The first-order valence-electron chi connectivity index (χ1n) is 3.32. The minimum Gasteiger partial charge on any atom is -0.379 e. The normalized spacial score (nSPS) is 12.8. The van der Waals surface area contributed by atoms with Gasteiger partial charge >= 0.3 is 5.97 Å². The van der Waals surface area contributed by atoms with Gasteiger partial charge in [-0.2, -0.15) is 0 Å². The van der Waals surface area contributed by atoms with Gasteiger partial charge in [0, 0.05) is 6.61 Å². The molecule has 0 saturated carbocycles. The number of hydrogen-bond donors (Lipinski definition) is 0. The van der Waals surface area contributed by atoms with Crippen molar-refractivity contribution in [1.29, 1.82) is 0 Å². The van der Waals surface area contributed by atoms with Gasteiger partial charge in [0.25, 0.3) is 6.29 Å². The van der Waals surface area contributed by atoms with E-state index in [-0.39, 0.29) is 6.61 Å². The molecule has 5 nitrogen and oxygen atoms in total. The van der Waals surface area contributed by atoms with Crippen LogP contribution in [0.5, 0.6) is 0 Å². The van der Waals surface area contributed by atoms with Crippen LogP contribution < -0.4 is 0 Å². The van der Waals surface area contributed by atoms with Crippen molar-refractivity contribution < 1.29 is 24.1 Å². The van der Waals surface area contributed by atoms with Gasteiger partial charge in [0.1, 0.15) is 0 Å². The van der Waals surface area contributed by atoms with E-state index in [1.54, 1.807) is 0 Å². The molecule has 0 aromatic carbocycles. The summed E-state index contributed by atoms with van der Waals surface area (Å²) in [5.74, 6) is -1.44. The smallest absolute Gasteiger partial charge is 0.379 e. The van der Waals surface area contributed by atoms with Crippen molar-refractivity contribution in [3.8, 4) is 0 Å². The van der Waals surface area contributed by atoms with Crippen molar-refractivity contribution in [3.63, 3.8) is 0 Å². The molecule has 1 atom stereocenters. The molecule has 12 heavy (non-hydrogen) atoms. The predicted octanol–water partition coefficient (Wildman–Crippen LogP) is 0.293. The minimum absolute atomic E-state index is 0.198. The fourth-order valence-electron chi connectivity index (χ4n) is 0.536. The number of carbonyl (C=O) groups excluding carboxylic acids is 1. The summed E-state index contributed by atoms with van der Waals surface area (Å²) in [6.07, 6.45) is -0.869. The first-order valence-corrected chi connectivity index (χ1v) is 3.32. The Hall–Kier alpha value is -0.650. The Morgan fingerprint density at radius 3 is 2.42 bits per heavy atom. The van der Waals surface area contributed by atoms with Crippen molar-refractivity contribution in [1.82, 2.24) is 0 Å². The fraction of sp³-hybridized carbons (Fsp3) is 0.571. The summed E-state index contributed by atoms with van der Waals surface area (Å²) in [6, 6.07) is 0. The Labute approximate surface area is 71.2 Å². The van der Waals surface area contributed by atoms with Crippen molar-refractivity contribution in [3.05, 3.63) is 14.2 Å². The highest BCUT2D eigenvalue weighted by Crippen LogP contribution is 1.96. The maximum Gasteiger partial charge on any atom is 0.411 e. The maximum absolute atomic E-state index is 10.1. The third-order valence-corrected chi connectivity index (χ3v) is 1.05. The van der Waals surface area contributed by atoms with Crippen LogP contribution >= 0.6 is 0 Å². The van der Waals surface area contributed by atoms with E-state index < -0.39 is 12.3 Å². The molecule has 0 rings (SSSR count). The van der Waals surface area contributed by atoms with Crippen LogP contribution in [-0.4, -0.2) is 25.5 Å². The van der Waals surface area contributed by atoms with Gasteiger partial charge in [-0.3, -0.25) is 0 Å². The summed E-state index contributed by atoms with van der Waals surface area (Å²) in [5.41, 5.74) is 0. The summed E-state index contributed by atoms with van der Waals surface area (Å²) in [7, 11) is 6.05. The van der Waals surface area contributed by atoms with Crippen LogP contribution in [0.15, 0.2) is 0 Å². The van der Waals surface area contributed by atoms with E-state index in [0.717, 1.165) is 0 Å². The average Bonchev–Trinajstić information content (AvgIpc) is 2.04. The first kappa shape index (κ1) is 11.4. The molecule has 0 fully saturated rings. The van der Waals surface area contributed by atoms with E-state index in [0.29, 0.717) is 13.0 Å². The van der Waals surface area contributed by atoms with Crippen molar-refractivity contribution in [2.45, 2.75) is 12.7 Å². The standard InChI is InChI=1S/C7H11O5/c1-10-4-3-5-12-7(11-2)6(8)9/h7H,1-5H2. The molecule has 1 unspecified atom stereocenters. The van der Waals surface area contributed by atoms with Gasteiger partial charge in [0.15, 0.2) is 0 Å². The topological polar surface area (TPSA) is 64.7 Å². The third kappa shape index (κ3) is 5.06. The largest absolute Gasteiger partial charge is 0.411 e. The Morgan fingerprint density at radius 1 is 1.33 bits per heavy atom. The molecule has 0 spiro atoms. The molecule has 0 heterocycles. The zero-order valence-electron chi connectivity index (χ0n) is 6.65. The number of hydrogen-bond acceptors (Lipinski definition) is 4. The Kier molecular flexibility index (Phi) is 6.64. The summed E-state index contributed by atoms with van der Waals surface area (Å²) >= 11 is 0. The quantitative estimate of drug-likeness (QED) is 0.412. The van der Waals surface area contributed by atoms with Gasteiger partial charge < -0.3 is 14.2 Å². The van der Waals surface area contributed by atoms with Gasteiger partial charge in [0.05, 0.1) is 20.8 Å². The van der Waals surface area contributed by atoms with Crippen molar-refractivity contribution >= 4 is 5.97 Å². The number of ether oxygens (including phenoxy) is 3. The molecule has 0 aliphatic heterocycles. The van der Waals surface area contributed by atoms with E-state index in [4.69, 9.17) is 4.74 Å². The molecule has 0 aliphatic carbocycles. The van der Waals surface area contributed by atoms with Crippen LogP contribution in [0.3, 0.4) is 0 Å². The van der Waals surface area contributed by atoms with Gasteiger partial charge in [-0.15, -0.1) is 0 Å². The fourth-order valence-corrected chi connectivity index (χ4v) is 0.536. The second-order valence-corrected chi connectivity index (χ2v) is 1.95. The monoisotopic (exact) mass is 175 g/mol. The number of carbonyl (C=O) groups is 1. The van der Waals surface area contributed by atoms with Crippen LogP contribution in [0, 0.1) is 14.2 Å². The van der Waals surface area contributed by atoms with Crippen LogP contribution in [0.1, 0.15) is 6.42 Å². The van der Waals surface area contributed by atoms with Gasteiger partial charge in [0.2, 0.25) is 0 Å². The Bertz CT molecular complexity index is 125. The van der Waals surface area contributed by atoms with E-state index in [9.17, 15) is 9.90 Å². The molecule has 69 valence electrons. The summed E-state index contributed by atoms with van der Waals surface area (Å²) in [4.78, 5) is 10.1. The first-order chi connectivity index (χ1) is 5.72. The van der Waals surface area contributed by atoms with Gasteiger partial charge in [-0.25, -0.2) is 9.90 Å². The number of rotatable bonds is 7. The molecular weight excluding hydrogens is 164 g/mol. The molecule has 0 aromatic rings. The average molecular weight is 175 g/mol. The van der Waals surface area contributed by atoms with Crippen molar-refractivity contribution in [2.24, 2.45) is 0 Å². The SMILES string of the molecule is [CH2]OCCCOC(O[CH2])C([O])=O. The predicted molar refractivity (Wildman–Crippen MR) is 37.8 cm³/mol. The third-order valence-electron chi connectivity index (χ3n) is 1.05. The lowest BCUT2D eigenvalue weighted by Gasteiger charge is -2.09.